The fraction of sp³-hybridized carbons (Fsp3) is 0.167. The fourth-order valence-corrected chi connectivity index (χ4v) is 2.25. The lowest BCUT2D eigenvalue weighted by atomic mass is 10.0. The van der Waals surface area contributed by atoms with E-state index < -0.39 is 0 Å². The highest BCUT2D eigenvalue weighted by atomic mass is 79.9. The van der Waals surface area contributed by atoms with Crippen LogP contribution < -0.4 is 0 Å². The average molecular weight is 253 g/mol. The first-order chi connectivity index (χ1) is 6.74. The summed E-state index contributed by atoms with van der Waals surface area (Å²) in [5, 5.41) is 2.40. The van der Waals surface area contributed by atoms with Crippen LogP contribution in [-0.4, -0.2) is 0 Å². The summed E-state index contributed by atoms with van der Waals surface area (Å²) in [6.45, 7) is 2.03. The topological polar surface area (TPSA) is 0 Å². The van der Waals surface area contributed by atoms with Crippen LogP contribution in [0, 0.1) is 12.7 Å². The molecule has 0 unspecified atom stereocenters. The number of halogens is 2. The Labute approximate surface area is 90.9 Å². The number of rotatable bonds is 1. The first-order valence-corrected chi connectivity index (χ1v) is 5.59. The molecule has 0 aliphatic heterocycles. The second-order valence-corrected chi connectivity index (χ2v) is 3.88. The Balaban J connectivity index is 2.87. The monoisotopic (exact) mass is 252 g/mol. The normalized spacial score (nSPS) is 10.8. The largest absolute Gasteiger partial charge is 0.206 e. The van der Waals surface area contributed by atoms with Gasteiger partial charge in [-0.15, -0.1) is 0 Å². The molecule has 14 heavy (non-hydrogen) atoms. The van der Waals surface area contributed by atoms with Crippen molar-refractivity contribution in [3.05, 3.63) is 47.3 Å². The highest BCUT2D eigenvalue weighted by molar-refractivity contribution is 9.08. The number of aryl methyl sites for hydroxylation is 1. The summed E-state index contributed by atoms with van der Waals surface area (Å²) in [6, 6.07) is 9.17. The Hall–Kier alpha value is -0.890. The molecule has 0 N–H and O–H groups in total. The summed E-state index contributed by atoms with van der Waals surface area (Å²) in [6.07, 6.45) is 0. The van der Waals surface area contributed by atoms with Crippen molar-refractivity contribution in [2.24, 2.45) is 0 Å². The van der Waals surface area contributed by atoms with E-state index >= 15 is 0 Å². The molecule has 0 bridgehead atoms. The number of hydrogen-bond donors (Lipinski definition) is 0. The summed E-state index contributed by atoms with van der Waals surface area (Å²) >= 11 is 3.36. The van der Waals surface area contributed by atoms with E-state index in [0.717, 1.165) is 16.5 Å². The molecule has 0 spiro atoms. The van der Waals surface area contributed by atoms with Gasteiger partial charge in [-0.1, -0.05) is 40.2 Å². The van der Waals surface area contributed by atoms with Gasteiger partial charge in [0, 0.05) is 10.7 Å². The van der Waals surface area contributed by atoms with E-state index in [9.17, 15) is 4.39 Å². The smallest absolute Gasteiger partial charge is 0.131 e. The molecule has 0 fully saturated rings. The van der Waals surface area contributed by atoms with Gasteiger partial charge in [0.05, 0.1) is 0 Å². The molecule has 2 rings (SSSR count). The standard InChI is InChI=1S/C12H10BrF/c1-8-9(7-13)6-12(14)11-5-3-2-4-10(8)11/h2-6H,7H2,1H3. The molecule has 0 heterocycles. The number of fused-ring (bicyclic) bond motifs is 1. The maximum atomic E-state index is 13.6. The van der Waals surface area contributed by atoms with Crippen LogP contribution in [0.25, 0.3) is 10.8 Å². The first kappa shape index (κ1) is 9.66. The lowest BCUT2D eigenvalue weighted by Gasteiger charge is -2.07. The Morgan fingerprint density at radius 3 is 2.50 bits per heavy atom. The Kier molecular flexibility index (Phi) is 2.55. The lowest BCUT2D eigenvalue weighted by molar-refractivity contribution is 0.638. The summed E-state index contributed by atoms with van der Waals surface area (Å²) in [7, 11) is 0. The molecule has 0 nitrogen and oxygen atoms in total. The molecule has 2 aromatic carbocycles. The van der Waals surface area contributed by atoms with Crippen LogP contribution in [0.5, 0.6) is 0 Å². The van der Waals surface area contributed by atoms with E-state index in [2.05, 4.69) is 15.9 Å². The third-order valence-corrected chi connectivity index (χ3v) is 3.12. The van der Waals surface area contributed by atoms with Crippen molar-refractivity contribution in [3.8, 4) is 0 Å². The minimum absolute atomic E-state index is 0.138. The molecule has 0 aromatic heterocycles. The summed E-state index contributed by atoms with van der Waals surface area (Å²) < 4.78 is 13.6. The van der Waals surface area contributed by atoms with Crippen LogP contribution in [0.15, 0.2) is 30.3 Å². The second kappa shape index (κ2) is 3.70. The van der Waals surface area contributed by atoms with E-state index in [1.54, 1.807) is 6.07 Å². The van der Waals surface area contributed by atoms with Gasteiger partial charge >= 0.3 is 0 Å². The molecule has 0 saturated heterocycles. The van der Waals surface area contributed by atoms with Gasteiger partial charge in [0.25, 0.3) is 0 Å². The Bertz CT molecular complexity index is 477. The highest BCUT2D eigenvalue weighted by Gasteiger charge is 2.06. The van der Waals surface area contributed by atoms with Crippen molar-refractivity contribution in [1.29, 1.82) is 0 Å². The third-order valence-electron chi connectivity index (χ3n) is 2.51. The molecule has 0 atom stereocenters. The number of benzene rings is 2. The molecule has 72 valence electrons. The van der Waals surface area contributed by atoms with E-state index in [-0.39, 0.29) is 5.82 Å². The van der Waals surface area contributed by atoms with Gasteiger partial charge in [-0.3, -0.25) is 0 Å². The van der Waals surface area contributed by atoms with E-state index in [0.29, 0.717) is 10.7 Å². The van der Waals surface area contributed by atoms with Crippen LogP contribution >= 0.6 is 15.9 Å². The minimum atomic E-state index is -0.138. The third kappa shape index (κ3) is 1.44. The molecule has 0 amide bonds. The van der Waals surface area contributed by atoms with Crippen molar-refractivity contribution in [2.45, 2.75) is 12.3 Å². The van der Waals surface area contributed by atoms with E-state index in [1.165, 1.54) is 0 Å². The van der Waals surface area contributed by atoms with Gasteiger partial charge in [-0.25, -0.2) is 4.39 Å². The molecule has 0 aliphatic carbocycles. The zero-order valence-electron chi connectivity index (χ0n) is 7.85. The van der Waals surface area contributed by atoms with Crippen molar-refractivity contribution >= 4 is 26.7 Å². The maximum absolute atomic E-state index is 13.6. The quantitative estimate of drug-likeness (QED) is 0.668. The average Bonchev–Trinajstić information content (AvgIpc) is 2.23. The fourth-order valence-electron chi connectivity index (χ4n) is 1.67. The van der Waals surface area contributed by atoms with Gasteiger partial charge in [0.1, 0.15) is 5.82 Å². The SMILES string of the molecule is Cc1c(CBr)cc(F)c2ccccc12. The maximum Gasteiger partial charge on any atom is 0.131 e. The zero-order valence-corrected chi connectivity index (χ0v) is 9.44. The van der Waals surface area contributed by atoms with E-state index in [4.69, 9.17) is 0 Å². The lowest BCUT2D eigenvalue weighted by Crippen LogP contribution is -1.90. The highest BCUT2D eigenvalue weighted by Crippen LogP contribution is 2.25. The molecular formula is C12H10BrF. The van der Waals surface area contributed by atoms with Gasteiger partial charge in [0.2, 0.25) is 0 Å². The van der Waals surface area contributed by atoms with Crippen LogP contribution in [0.3, 0.4) is 0 Å². The molecule has 0 radical (unpaired) electrons. The zero-order chi connectivity index (χ0) is 10.1. The van der Waals surface area contributed by atoms with Gasteiger partial charge < -0.3 is 0 Å². The summed E-state index contributed by atoms with van der Waals surface area (Å²) in [4.78, 5) is 0. The summed E-state index contributed by atoms with van der Waals surface area (Å²) in [5.74, 6) is -0.138. The van der Waals surface area contributed by atoms with Crippen molar-refractivity contribution in [3.63, 3.8) is 0 Å². The molecule has 0 saturated carbocycles. The molecule has 2 aromatic rings. The first-order valence-electron chi connectivity index (χ1n) is 4.46. The minimum Gasteiger partial charge on any atom is -0.206 e. The van der Waals surface area contributed by atoms with Gasteiger partial charge in [-0.2, -0.15) is 0 Å². The predicted octanol–water partition coefficient (Wildman–Crippen LogP) is 4.18. The van der Waals surface area contributed by atoms with Crippen molar-refractivity contribution in [2.75, 3.05) is 0 Å². The van der Waals surface area contributed by atoms with Crippen LogP contribution in [0.1, 0.15) is 11.1 Å². The molecule has 0 aliphatic rings. The molecule has 2 heteroatoms. The summed E-state index contributed by atoms with van der Waals surface area (Å²) in [5.41, 5.74) is 2.17. The number of alkyl halides is 1. The van der Waals surface area contributed by atoms with Crippen molar-refractivity contribution < 1.29 is 4.39 Å². The van der Waals surface area contributed by atoms with Crippen molar-refractivity contribution in [1.82, 2.24) is 0 Å². The van der Waals surface area contributed by atoms with E-state index in [1.807, 2.05) is 31.2 Å². The van der Waals surface area contributed by atoms with Crippen LogP contribution in [-0.2, 0) is 5.33 Å². The van der Waals surface area contributed by atoms with Crippen LogP contribution in [0.2, 0.25) is 0 Å². The van der Waals surface area contributed by atoms with Crippen LogP contribution in [0.4, 0.5) is 4.39 Å². The Morgan fingerprint density at radius 1 is 1.21 bits per heavy atom. The van der Waals surface area contributed by atoms with Gasteiger partial charge in [0.15, 0.2) is 0 Å². The Morgan fingerprint density at radius 2 is 1.86 bits per heavy atom. The number of hydrogen-bond acceptors (Lipinski definition) is 0. The second-order valence-electron chi connectivity index (χ2n) is 3.32. The van der Waals surface area contributed by atoms with Gasteiger partial charge in [-0.05, 0) is 29.5 Å². The molecular weight excluding hydrogens is 243 g/mol. The predicted molar refractivity (Wildman–Crippen MR) is 61.3 cm³/mol.